The maximum atomic E-state index is 12.9. The standard InChI is InChI=1S/C20H19F2NO4S/c21-20(22)28(24,25)19-9-2-1-8-18(19)23-12-15-5-3-6-16(11-15)13-26-14-17-7-4-10-27-17/h1-11,20,23H,12-14H2. The summed E-state index contributed by atoms with van der Waals surface area (Å²) in [6.07, 6.45) is 1.58. The van der Waals surface area contributed by atoms with Gasteiger partial charge < -0.3 is 14.5 Å². The molecular formula is C20H19F2NO4S. The fourth-order valence-corrected chi connectivity index (χ4v) is 3.55. The van der Waals surface area contributed by atoms with Crippen LogP contribution in [0.1, 0.15) is 16.9 Å². The van der Waals surface area contributed by atoms with Crippen LogP contribution in [0.15, 0.2) is 76.2 Å². The molecule has 0 saturated carbocycles. The molecule has 0 fully saturated rings. The Labute approximate surface area is 161 Å². The normalized spacial score (nSPS) is 11.7. The number of sulfone groups is 1. The van der Waals surface area contributed by atoms with Gasteiger partial charge in [0.2, 0.25) is 9.84 Å². The van der Waals surface area contributed by atoms with Crippen molar-refractivity contribution in [2.45, 2.75) is 30.4 Å². The van der Waals surface area contributed by atoms with E-state index in [1.165, 1.54) is 18.2 Å². The molecule has 0 bridgehead atoms. The van der Waals surface area contributed by atoms with Crippen LogP contribution < -0.4 is 5.32 Å². The largest absolute Gasteiger partial charge is 0.467 e. The number of rotatable bonds is 9. The number of hydrogen-bond acceptors (Lipinski definition) is 5. The van der Waals surface area contributed by atoms with Gasteiger partial charge in [0.15, 0.2) is 0 Å². The van der Waals surface area contributed by atoms with E-state index in [2.05, 4.69) is 5.32 Å². The lowest BCUT2D eigenvalue weighted by Gasteiger charge is -2.13. The van der Waals surface area contributed by atoms with Gasteiger partial charge in [0, 0.05) is 6.54 Å². The van der Waals surface area contributed by atoms with Crippen molar-refractivity contribution in [3.05, 3.63) is 83.8 Å². The number of ether oxygens (including phenoxy) is 1. The molecule has 1 N–H and O–H groups in total. The molecular weight excluding hydrogens is 388 g/mol. The highest BCUT2D eigenvalue weighted by molar-refractivity contribution is 7.91. The molecule has 3 rings (SSSR count). The molecule has 8 heteroatoms. The molecule has 28 heavy (non-hydrogen) atoms. The zero-order chi connectivity index (χ0) is 20.0. The number of benzene rings is 2. The number of para-hydroxylation sites is 1. The lowest BCUT2D eigenvalue weighted by Crippen LogP contribution is -2.14. The van der Waals surface area contributed by atoms with Gasteiger partial charge in [-0.3, -0.25) is 0 Å². The van der Waals surface area contributed by atoms with Gasteiger partial charge in [0.25, 0.3) is 0 Å². The van der Waals surface area contributed by atoms with Crippen molar-refractivity contribution >= 4 is 15.5 Å². The maximum absolute atomic E-state index is 12.9. The molecule has 1 aromatic heterocycles. The molecule has 0 unspecified atom stereocenters. The molecule has 3 aromatic rings. The van der Waals surface area contributed by atoms with Crippen LogP contribution in [0.2, 0.25) is 0 Å². The number of furan rings is 1. The van der Waals surface area contributed by atoms with Crippen LogP contribution in [0.25, 0.3) is 0 Å². The Kier molecular flexibility index (Phi) is 6.43. The van der Waals surface area contributed by atoms with E-state index in [-0.39, 0.29) is 12.2 Å². The third-order valence-corrected chi connectivity index (χ3v) is 5.43. The van der Waals surface area contributed by atoms with Gasteiger partial charge in [-0.15, -0.1) is 0 Å². The van der Waals surface area contributed by atoms with Crippen molar-refractivity contribution in [2.24, 2.45) is 0 Å². The number of anilines is 1. The molecule has 0 amide bonds. The van der Waals surface area contributed by atoms with Gasteiger partial charge in [0.05, 0.1) is 23.5 Å². The zero-order valence-corrected chi connectivity index (χ0v) is 15.7. The van der Waals surface area contributed by atoms with Crippen LogP contribution in [0, 0.1) is 0 Å². The lowest BCUT2D eigenvalue weighted by atomic mass is 10.1. The van der Waals surface area contributed by atoms with E-state index in [9.17, 15) is 17.2 Å². The molecule has 0 saturated heterocycles. The minimum Gasteiger partial charge on any atom is -0.467 e. The zero-order valence-electron chi connectivity index (χ0n) is 14.8. The predicted molar refractivity (Wildman–Crippen MR) is 101 cm³/mol. The summed E-state index contributed by atoms with van der Waals surface area (Å²) in [5.41, 5.74) is 1.94. The quantitative estimate of drug-likeness (QED) is 0.561. The fourth-order valence-electron chi connectivity index (χ4n) is 2.65. The Morgan fingerprint density at radius 2 is 1.75 bits per heavy atom. The highest BCUT2D eigenvalue weighted by Crippen LogP contribution is 2.26. The average Bonchev–Trinajstić information content (AvgIpc) is 3.20. The number of alkyl halides is 2. The minimum absolute atomic E-state index is 0.141. The minimum atomic E-state index is -4.68. The molecule has 0 radical (unpaired) electrons. The summed E-state index contributed by atoms with van der Waals surface area (Å²) in [5.74, 6) is -2.74. The Morgan fingerprint density at radius 3 is 2.50 bits per heavy atom. The van der Waals surface area contributed by atoms with E-state index in [0.717, 1.165) is 16.9 Å². The van der Waals surface area contributed by atoms with Crippen LogP contribution in [-0.4, -0.2) is 14.2 Å². The summed E-state index contributed by atoms with van der Waals surface area (Å²) in [6.45, 7) is 1.01. The van der Waals surface area contributed by atoms with Crippen molar-refractivity contribution in [1.29, 1.82) is 0 Å². The summed E-state index contributed by atoms with van der Waals surface area (Å²) < 4.78 is 60.2. The van der Waals surface area contributed by atoms with Crippen molar-refractivity contribution in [2.75, 3.05) is 5.32 Å². The van der Waals surface area contributed by atoms with Gasteiger partial charge in [-0.25, -0.2) is 8.42 Å². The Morgan fingerprint density at radius 1 is 0.964 bits per heavy atom. The molecule has 148 valence electrons. The van der Waals surface area contributed by atoms with E-state index >= 15 is 0 Å². The smallest absolute Gasteiger partial charge is 0.341 e. The van der Waals surface area contributed by atoms with E-state index < -0.39 is 20.5 Å². The first kappa shape index (κ1) is 20.0. The first-order valence-electron chi connectivity index (χ1n) is 8.50. The van der Waals surface area contributed by atoms with E-state index in [4.69, 9.17) is 9.15 Å². The second kappa shape index (κ2) is 8.99. The number of hydrogen-bond donors (Lipinski definition) is 1. The number of halogens is 2. The van der Waals surface area contributed by atoms with Gasteiger partial charge in [-0.05, 0) is 35.4 Å². The molecule has 0 aliphatic heterocycles. The van der Waals surface area contributed by atoms with Gasteiger partial charge in [-0.2, -0.15) is 8.78 Å². The van der Waals surface area contributed by atoms with Crippen LogP contribution in [0.4, 0.5) is 14.5 Å². The highest BCUT2D eigenvalue weighted by atomic mass is 32.2. The first-order valence-corrected chi connectivity index (χ1v) is 10.0. The first-order chi connectivity index (χ1) is 13.5. The number of nitrogens with one attached hydrogen (secondary N) is 1. The molecule has 0 aliphatic rings. The fraction of sp³-hybridized carbons (Fsp3) is 0.200. The summed E-state index contributed by atoms with van der Waals surface area (Å²) >= 11 is 0. The third kappa shape index (κ3) is 4.96. The second-order valence-electron chi connectivity index (χ2n) is 6.05. The molecule has 2 aromatic carbocycles. The summed E-state index contributed by atoms with van der Waals surface area (Å²) in [4.78, 5) is -0.414. The Hall–Kier alpha value is -2.71. The summed E-state index contributed by atoms with van der Waals surface area (Å²) in [7, 11) is -4.68. The van der Waals surface area contributed by atoms with Crippen molar-refractivity contribution in [1.82, 2.24) is 0 Å². The van der Waals surface area contributed by atoms with Crippen LogP contribution in [-0.2, 0) is 34.3 Å². The second-order valence-corrected chi connectivity index (χ2v) is 7.93. The van der Waals surface area contributed by atoms with E-state index in [0.29, 0.717) is 13.2 Å². The van der Waals surface area contributed by atoms with Crippen LogP contribution in [0.5, 0.6) is 0 Å². The Bertz CT molecular complexity index is 1000. The molecule has 5 nitrogen and oxygen atoms in total. The summed E-state index contributed by atoms with van der Waals surface area (Å²) in [5, 5.41) is 2.93. The average molecular weight is 407 g/mol. The maximum Gasteiger partial charge on any atom is 0.341 e. The topological polar surface area (TPSA) is 68.5 Å². The molecule has 1 heterocycles. The molecule has 0 spiro atoms. The van der Waals surface area contributed by atoms with Crippen molar-refractivity contribution < 1.29 is 26.4 Å². The van der Waals surface area contributed by atoms with Crippen LogP contribution >= 0.6 is 0 Å². The Balaban J connectivity index is 1.64. The monoisotopic (exact) mass is 407 g/mol. The van der Waals surface area contributed by atoms with Gasteiger partial charge >= 0.3 is 5.76 Å². The van der Waals surface area contributed by atoms with Crippen molar-refractivity contribution in [3.63, 3.8) is 0 Å². The summed E-state index contributed by atoms with van der Waals surface area (Å²) in [6, 6.07) is 16.8. The van der Waals surface area contributed by atoms with Crippen LogP contribution in [0.3, 0.4) is 0 Å². The van der Waals surface area contributed by atoms with E-state index in [1.807, 2.05) is 30.3 Å². The highest BCUT2D eigenvalue weighted by Gasteiger charge is 2.28. The van der Waals surface area contributed by atoms with Crippen molar-refractivity contribution in [3.8, 4) is 0 Å². The third-order valence-electron chi connectivity index (χ3n) is 4.00. The SMILES string of the molecule is O=S(=O)(c1ccccc1NCc1cccc(COCc2ccco2)c1)C(F)F. The molecule has 0 atom stereocenters. The van der Waals surface area contributed by atoms with E-state index in [1.54, 1.807) is 18.4 Å². The molecule has 0 aliphatic carbocycles. The predicted octanol–water partition coefficient (Wildman–Crippen LogP) is 4.60. The van der Waals surface area contributed by atoms with Gasteiger partial charge in [0.1, 0.15) is 12.4 Å². The lowest BCUT2D eigenvalue weighted by molar-refractivity contribution is 0.0929. The van der Waals surface area contributed by atoms with Gasteiger partial charge in [-0.1, -0.05) is 36.4 Å².